The molecular weight excluding hydrogens is 568 g/mol. The monoisotopic (exact) mass is 591 g/mol. The van der Waals surface area contributed by atoms with Crippen molar-refractivity contribution in [2.75, 3.05) is 6.61 Å². The summed E-state index contributed by atoms with van der Waals surface area (Å²) >= 11 is 0. The van der Waals surface area contributed by atoms with E-state index in [-0.39, 0.29) is 45.4 Å². The molecule has 4 rings (SSSR count). The number of alkyl halides is 9. The van der Waals surface area contributed by atoms with E-state index in [1.165, 1.54) is 30.3 Å². The highest BCUT2D eigenvalue weighted by atomic mass is 31.1. The summed E-state index contributed by atoms with van der Waals surface area (Å²) in [4.78, 5) is 4.52. The van der Waals surface area contributed by atoms with Crippen LogP contribution in [-0.4, -0.2) is 18.5 Å². The number of rotatable bonds is 4. The lowest BCUT2D eigenvalue weighted by Crippen LogP contribution is -2.27. The van der Waals surface area contributed by atoms with Crippen LogP contribution in [0.1, 0.15) is 43.0 Å². The SMILES string of the molecule is CC(C)(C)C1COC(c2cc(C(F)(F)F)ccc2P(c2ccc(C(F)(F)F)cc2)c2ccc(C(F)(F)F)cc2)=N1. The predicted octanol–water partition coefficient (Wildman–Crippen LogP) is 7.69. The number of halogens is 9. The highest BCUT2D eigenvalue weighted by Crippen LogP contribution is 2.40. The van der Waals surface area contributed by atoms with E-state index in [2.05, 4.69) is 4.99 Å². The highest BCUT2D eigenvalue weighted by molar-refractivity contribution is 7.80. The molecule has 0 bridgehead atoms. The number of ether oxygens (including phenoxy) is 1. The van der Waals surface area contributed by atoms with Gasteiger partial charge < -0.3 is 4.74 Å². The van der Waals surface area contributed by atoms with Crippen LogP contribution in [0.25, 0.3) is 0 Å². The van der Waals surface area contributed by atoms with Crippen molar-refractivity contribution in [3.8, 4) is 0 Å². The Hall–Kier alpha value is -3.07. The molecule has 40 heavy (non-hydrogen) atoms. The molecular formula is C28H23F9NOP. The van der Waals surface area contributed by atoms with E-state index in [4.69, 9.17) is 4.74 Å². The Morgan fingerprint density at radius 2 is 1.07 bits per heavy atom. The van der Waals surface area contributed by atoms with Crippen LogP contribution in [0.2, 0.25) is 0 Å². The molecule has 214 valence electrons. The van der Waals surface area contributed by atoms with Crippen molar-refractivity contribution in [3.63, 3.8) is 0 Å². The van der Waals surface area contributed by atoms with E-state index in [9.17, 15) is 39.5 Å². The summed E-state index contributed by atoms with van der Waals surface area (Å²) < 4.78 is 126. The standard InChI is InChI=1S/C28H23F9NOP/c1-25(2,3)23-15-39-24(38-23)21-14-18(28(35,36)37)8-13-22(21)40(19-9-4-16(5-10-19)26(29,30)31)20-11-6-17(7-12-20)27(32,33)34/h4-14,23H,15H2,1-3H3. The first kappa shape index (κ1) is 29.9. The number of benzene rings is 3. The molecule has 1 heterocycles. The number of hydrogen-bond donors (Lipinski definition) is 0. The van der Waals surface area contributed by atoms with Gasteiger partial charge in [-0.25, -0.2) is 4.99 Å². The fraction of sp³-hybridized carbons (Fsp3) is 0.321. The Kier molecular flexibility index (Phi) is 7.77. The largest absolute Gasteiger partial charge is 0.475 e. The molecule has 0 spiro atoms. The summed E-state index contributed by atoms with van der Waals surface area (Å²) in [5.74, 6) is -0.0626. The van der Waals surface area contributed by atoms with E-state index < -0.39 is 43.1 Å². The topological polar surface area (TPSA) is 21.6 Å². The van der Waals surface area contributed by atoms with Crippen LogP contribution in [0.3, 0.4) is 0 Å². The van der Waals surface area contributed by atoms with Gasteiger partial charge in [-0.05, 0) is 65.6 Å². The number of aliphatic imine (C=N–C) groups is 1. The van der Waals surface area contributed by atoms with Gasteiger partial charge in [0.05, 0.1) is 22.7 Å². The molecule has 0 aliphatic carbocycles. The first-order valence-electron chi connectivity index (χ1n) is 11.9. The maximum atomic E-state index is 13.7. The summed E-state index contributed by atoms with van der Waals surface area (Å²) in [6.07, 6.45) is -14.0. The van der Waals surface area contributed by atoms with E-state index in [0.717, 1.165) is 36.4 Å². The Balaban J connectivity index is 1.94. The van der Waals surface area contributed by atoms with E-state index in [0.29, 0.717) is 0 Å². The van der Waals surface area contributed by atoms with Crippen LogP contribution in [0.5, 0.6) is 0 Å². The van der Waals surface area contributed by atoms with Gasteiger partial charge in [0.25, 0.3) is 0 Å². The van der Waals surface area contributed by atoms with E-state index >= 15 is 0 Å². The van der Waals surface area contributed by atoms with Crippen LogP contribution >= 0.6 is 7.92 Å². The summed E-state index contributed by atoms with van der Waals surface area (Å²) in [6.45, 7) is 5.76. The minimum atomic E-state index is -4.72. The second kappa shape index (κ2) is 10.4. The third-order valence-electron chi connectivity index (χ3n) is 6.35. The molecule has 3 aromatic rings. The lowest BCUT2D eigenvalue weighted by molar-refractivity contribution is -0.138. The Morgan fingerprint density at radius 3 is 1.45 bits per heavy atom. The lowest BCUT2D eigenvalue weighted by atomic mass is 9.88. The molecule has 2 nitrogen and oxygen atoms in total. The maximum absolute atomic E-state index is 13.7. The Bertz CT molecular complexity index is 1330. The maximum Gasteiger partial charge on any atom is 0.416 e. The molecule has 0 aromatic heterocycles. The Morgan fingerprint density at radius 1 is 0.650 bits per heavy atom. The summed E-state index contributed by atoms with van der Waals surface area (Å²) in [6, 6.07) is 10.6. The van der Waals surface area contributed by atoms with Crippen molar-refractivity contribution < 1.29 is 44.3 Å². The molecule has 0 saturated heterocycles. The van der Waals surface area contributed by atoms with Crippen LogP contribution < -0.4 is 15.9 Å². The van der Waals surface area contributed by atoms with E-state index in [1.807, 2.05) is 20.8 Å². The molecule has 0 fully saturated rings. The first-order valence-corrected chi connectivity index (χ1v) is 13.3. The van der Waals surface area contributed by atoms with Gasteiger partial charge in [0, 0.05) is 5.56 Å². The zero-order chi connectivity index (χ0) is 29.7. The fourth-order valence-corrected chi connectivity index (χ4v) is 6.44. The third-order valence-corrected chi connectivity index (χ3v) is 8.85. The molecule has 12 heteroatoms. The van der Waals surface area contributed by atoms with E-state index in [1.54, 1.807) is 0 Å². The zero-order valence-electron chi connectivity index (χ0n) is 21.3. The van der Waals surface area contributed by atoms with Gasteiger partial charge in [-0.3, -0.25) is 0 Å². The second-order valence-corrected chi connectivity index (χ2v) is 12.5. The lowest BCUT2D eigenvalue weighted by Gasteiger charge is -2.24. The minimum Gasteiger partial charge on any atom is -0.475 e. The van der Waals surface area contributed by atoms with Crippen LogP contribution in [0.4, 0.5) is 39.5 Å². The number of hydrogen-bond acceptors (Lipinski definition) is 2. The Labute approximate surface area is 225 Å². The number of nitrogens with zero attached hydrogens (tertiary/aromatic N) is 1. The van der Waals surface area contributed by atoms with Crippen molar-refractivity contribution in [3.05, 3.63) is 89.0 Å². The van der Waals surface area contributed by atoms with Crippen LogP contribution in [0.15, 0.2) is 71.7 Å². The molecule has 1 atom stereocenters. The third kappa shape index (κ3) is 6.45. The first-order chi connectivity index (χ1) is 18.4. The van der Waals surface area contributed by atoms with Crippen molar-refractivity contribution in [1.82, 2.24) is 0 Å². The molecule has 1 aliphatic heterocycles. The predicted molar refractivity (Wildman–Crippen MR) is 136 cm³/mol. The molecule has 0 N–H and O–H groups in total. The molecule has 3 aromatic carbocycles. The van der Waals surface area contributed by atoms with Gasteiger partial charge in [-0.1, -0.05) is 51.1 Å². The van der Waals surface area contributed by atoms with Gasteiger partial charge in [0.15, 0.2) is 0 Å². The zero-order valence-corrected chi connectivity index (χ0v) is 22.2. The molecule has 0 amide bonds. The van der Waals surface area contributed by atoms with Crippen molar-refractivity contribution in [1.29, 1.82) is 0 Å². The van der Waals surface area contributed by atoms with Gasteiger partial charge in [-0.2, -0.15) is 39.5 Å². The second-order valence-electron chi connectivity index (χ2n) is 10.3. The minimum absolute atomic E-state index is 0.0209. The van der Waals surface area contributed by atoms with Gasteiger partial charge in [0.2, 0.25) is 5.90 Å². The summed E-state index contributed by atoms with van der Waals surface area (Å²) in [5, 5.41) is 0.820. The van der Waals surface area contributed by atoms with Crippen molar-refractivity contribution in [2.45, 2.75) is 45.3 Å². The quantitative estimate of drug-likeness (QED) is 0.225. The molecule has 1 aliphatic rings. The fourth-order valence-electron chi connectivity index (χ4n) is 4.07. The molecule has 0 saturated carbocycles. The van der Waals surface area contributed by atoms with Gasteiger partial charge in [0.1, 0.15) is 6.61 Å². The van der Waals surface area contributed by atoms with Gasteiger partial charge in [-0.15, -0.1) is 0 Å². The normalized spacial score (nSPS) is 16.7. The van der Waals surface area contributed by atoms with Gasteiger partial charge >= 0.3 is 18.5 Å². The average molecular weight is 591 g/mol. The van der Waals surface area contributed by atoms with Crippen molar-refractivity contribution in [2.24, 2.45) is 10.4 Å². The molecule has 0 radical (unpaired) electrons. The highest BCUT2D eigenvalue weighted by Gasteiger charge is 2.37. The molecule has 1 unspecified atom stereocenters. The average Bonchev–Trinajstić information content (AvgIpc) is 3.34. The smallest absolute Gasteiger partial charge is 0.416 e. The summed E-state index contributed by atoms with van der Waals surface area (Å²) in [7, 11) is -1.93. The van der Waals surface area contributed by atoms with Crippen LogP contribution in [0, 0.1) is 5.41 Å². The van der Waals surface area contributed by atoms with Crippen molar-refractivity contribution >= 4 is 29.7 Å². The summed E-state index contributed by atoms with van der Waals surface area (Å²) in [5.41, 5.74) is -3.28. The van der Waals surface area contributed by atoms with Crippen LogP contribution in [-0.2, 0) is 23.3 Å².